The predicted molar refractivity (Wildman–Crippen MR) is 104 cm³/mol. The Kier molecular flexibility index (Phi) is 6.35. The van der Waals surface area contributed by atoms with Gasteiger partial charge in [-0.3, -0.25) is 4.79 Å². The Bertz CT molecular complexity index is 776. The number of likely N-dealkylation sites (tertiary alicyclic amines) is 1. The van der Waals surface area contributed by atoms with Gasteiger partial charge in [0.2, 0.25) is 6.10 Å². The molecule has 144 valence electrons. The Balaban J connectivity index is 1.80. The van der Waals surface area contributed by atoms with Crippen molar-refractivity contribution in [2.45, 2.75) is 31.9 Å². The van der Waals surface area contributed by atoms with Crippen molar-refractivity contribution < 1.29 is 19.0 Å². The van der Waals surface area contributed by atoms with Crippen molar-refractivity contribution in [2.75, 3.05) is 27.4 Å². The van der Waals surface area contributed by atoms with E-state index in [0.717, 1.165) is 35.5 Å². The molecule has 5 heteroatoms. The molecule has 2 aromatic carbocycles. The van der Waals surface area contributed by atoms with E-state index in [1.54, 1.807) is 14.2 Å². The molecule has 27 heavy (non-hydrogen) atoms. The van der Waals surface area contributed by atoms with Crippen LogP contribution in [0.3, 0.4) is 0 Å². The molecule has 0 spiro atoms. The van der Waals surface area contributed by atoms with Crippen molar-refractivity contribution in [3.05, 3.63) is 59.7 Å². The first-order valence-corrected chi connectivity index (χ1v) is 9.31. The van der Waals surface area contributed by atoms with Crippen LogP contribution in [0.15, 0.2) is 48.5 Å². The van der Waals surface area contributed by atoms with E-state index in [1.165, 1.54) is 0 Å². The van der Waals surface area contributed by atoms with Crippen LogP contribution in [0.1, 0.15) is 30.0 Å². The van der Waals surface area contributed by atoms with Crippen LogP contribution in [0.4, 0.5) is 0 Å². The molecule has 3 rings (SSSR count). The number of methoxy groups -OCH3 is 2. The number of unbranched alkanes of at least 4 members (excludes halogenated alkanes) is 1. The lowest BCUT2D eigenvalue weighted by atomic mass is 9.90. The fraction of sp³-hybridized carbons (Fsp3) is 0.409. The summed E-state index contributed by atoms with van der Waals surface area (Å²) in [5.74, 6) is 1.56. The fourth-order valence-corrected chi connectivity index (χ4v) is 3.42. The van der Waals surface area contributed by atoms with E-state index in [1.807, 2.05) is 60.4 Å². The topological polar surface area (TPSA) is 48.0 Å². The highest BCUT2D eigenvalue weighted by Crippen LogP contribution is 2.39. The second-order valence-electron chi connectivity index (χ2n) is 6.76. The fourth-order valence-electron chi connectivity index (χ4n) is 3.42. The van der Waals surface area contributed by atoms with Gasteiger partial charge in [-0.05, 0) is 49.1 Å². The van der Waals surface area contributed by atoms with Crippen LogP contribution in [0.5, 0.6) is 11.5 Å². The van der Waals surface area contributed by atoms with E-state index >= 15 is 0 Å². The highest BCUT2D eigenvalue weighted by molar-refractivity contribution is 5.89. The normalized spacial score (nSPS) is 18.9. The number of hydrogen-bond acceptors (Lipinski definition) is 4. The molecule has 0 saturated carbocycles. The van der Waals surface area contributed by atoms with Crippen molar-refractivity contribution in [1.29, 1.82) is 0 Å². The minimum absolute atomic E-state index is 0.0310. The lowest BCUT2D eigenvalue weighted by Crippen LogP contribution is -2.61. The molecule has 1 heterocycles. The smallest absolute Gasteiger partial charge is 0.266 e. The standard InChI is InChI=1S/C22H27NO4/c1-16-9-4-5-12-19(16)27-21-20(17-10-8-11-18(15-17)26-3)23(22(21)24)13-6-7-14-25-2/h4-5,8-12,15,20-21H,6-7,13-14H2,1-3H3/t20-,21-/m1/s1. The molecule has 5 nitrogen and oxygen atoms in total. The Labute approximate surface area is 160 Å². The molecule has 0 N–H and O–H groups in total. The number of amides is 1. The maximum Gasteiger partial charge on any atom is 0.266 e. The summed E-state index contributed by atoms with van der Waals surface area (Å²) in [5.41, 5.74) is 2.05. The van der Waals surface area contributed by atoms with Gasteiger partial charge in [0.25, 0.3) is 5.91 Å². The summed E-state index contributed by atoms with van der Waals surface area (Å²) in [6.45, 7) is 3.38. The van der Waals surface area contributed by atoms with Crippen LogP contribution < -0.4 is 9.47 Å². The SMILES string of the molecule is COCCCCN1C(=O)[C@H](Oc2ccccc2C)[C@H]1c1cccc(OC)c1. The largest absolute Gasteiger partial charge is 0.497 e. The van der Waals surface area contributed by atoms with E-state index in [-0.39, 0.29) is 11.9 Å². The van der Waals surface area contributed by atoms with Crippen molar-refractivity contribution >= 4 is 5.91 Å². The molecule has 1 fully saturated rings. The van der Waals surface area contributed by atoms with Gasteiger partial charge in [-0.25, -0.2) is 0 Å². The summed E-state index contributed by atoms with van der Waals surface area (Å²) >= 11 is 0. The molecular formula is C22H27NO4. The first-order chi connectivity index (χ1) is 13.2. The number of para-hydroxylation sites is 1. The molecular weight excluding hydrogens is 342 g/mol. The van der Waals surface area contributed by atoms with Gasteiger partial charge >= 0.3 is 0 Å². The Morgan fingerprint density at radius 3 is 2.59 bits per heavy atom. The number of β-lactam (4-membered cyclic amide) rings is 1. The van der Waals surface area contributed by atoms with Gasteiger partial charge in [0.15, 0.2) is 0 Å². The summed E-state index contributed by atoms with van der Waals surface area (Å²) in [6, 6.07) is 15.5. The zero-order valence-corrected chi connectivity index (χ0v) is 16.2. The van der Waals surface area contributed by atoms with E-state index in [2.05, 4.69) is 0 Å². The van der Waals surface area contributed by atoms with Gasteiger partial charge in [0.05, 0.1) is 7.11 Å². The summed E-state index contributed by atoms with van der Waals surface area (Å²) in [6.07, 6.45) is 1.31. The minimum Gasteiger partial charge on any atom is -0.497 e. The molecule has 0 bridgehead atoms. The lowest BCUT2D eigenvalue weighted by molar-refractivity contribution is -0.164. The van der Waals surface area contributed by atoms with E-state index in [9.17, 15) is 4.79 Å². The molecule has 2 aromatic rings. The average molecular weight is 369 g/mol. The lowest BCUT2D eigenvalue weighted by Gasteiger charge is -2.47. The molecule has 0 unspecified atom stereocenters. The molecule has 0 radical (unpaired) electrons. The maximum atomic E-state index is 12.8. The van der Waals surface area contributed by atoms with Gasteiger partial charge < -0.3 is 19.1 Å². The maximum absolute atomic E-state index is 12.8. The van der Waals surface area contributed by atoms with Crippen LogP contribution in [0, 0.1) is 6.92 Å². The summed E-state index contributed by atoms with van der Waals surface area (Å²) < 4.78 is 16.6. The van der Waals surface area contributed by atoms with Crippen molar-refractivity contribution in [1.82, 2.24) is 4.90 Å². The Hall–Kier alpha value is -2.53. The highest BCUT2D eigenvalue weighted by atomic mass is 16.5. The van der Waals surface area contributed by atoms with Crippen LogP contribution in [-0.4, -0.2) is 44.3 Å². The molecule has 0 aromatic heterocycles. The molecule has 1 saturated heterocycles. The summed E-state index contributed by atoms with van der Waals surface area (Å²) in [7, 11) is 3.34. The van der Waals surface area contributed by atoms with Crippen LogP contribution >= 0.6 is 0 Å². The van der Waals surface area contributed by atoms with Gasteiger partial charge in [-0.15, -0.1) is 0 Å². The number of nitrogens with zero attached hydrogens (tertiary/aromatic N) is 1. The number of carbonyl (C=O) groups excluding carboxylic acids is 1. The minimum atomic E-state index is -0.513. The highest BCUT2D eigenvalue weighted by Gasteiger charge is 2.49. The number of rotatable bonds is 9. The monoisotopic (exact) mass is 369 g/mol. The molecule has 1 amide bonds. The van der Waals surface area contributed by atoms with Gasteiger partial charge in [-0.1, -0.05) is 30.3 Å². The van der Waals surface area contributed by atoms with Crippen LogP contribution in [0.2, 0.25) is 0 Å². The number of ether oxygens (including phenoxy) is 3. The molecule has 1 aliphatic rings. The van der Waals surface area contributed by atoms with Crippen molar-refractivity contribution in [3.63, 3.8) is 0 Å². The molecule has 0 aliphatic carbocycles. The third kappa shape index (κ3) is 4.25. The zero-order valence-electron chi connectivity index (χ0n) is 16.2. The van der Waals surface area contributed by atoms with Crippen molar-refractivity contribution in [3.8, 4) is 11.5 Å². The molecule has 1 aliphatic heterocycles. The zero-order chi connectivity index (χ0) is 19.2. The second kappa shape index (κ2) is 8.91. The number of benzene rings is 2. The Morgan fingerprint density at radius 1 is 1.04 bits per heavy atom. The van der Waals surface area contributed by atoms with Gasteiger partial charge in [0, 0.05) is 20.3 Å². The average Bonchev–Trinajstić information content (AvgIpc) is 2.70. The Morgan fingerprint density at radius 2 is 1.85 bits per heavy atom. The third-order valence-electron chi connectivity index (χ3n) is 4.93. The molecule has 2 atom stereocenters. The van der Waals surface area contributed by atoms with E-state index in [0.29, 0.717) is 13.2 Å². The third-order valence-corrected chi connectivity index (χ3v) is 4.93. The van der Waals surface area contributed by atoms with Crippen LogP contribution in [-0.2, 0) is 9.53 Å². The van der Waals surface area contributed by atoms with Gasteiger partial charge in [-0.2, -0.15) is 0 Å². The van der Waals surface area contributed by atoms with Crippen LogP contribution in [0.25, 0.3) is 0 Å². The van der Waals surface area contributed by atoms with E-state index in [4.69, 9.17) is 14.2 Å². The van der Waals surface area contributed by atoms with Crippen molar-refractivity contribution in [2.24, 2.45) is 0 Å². The first kappa shape index (κ1) is 19.2. The van der Waals surface area contributed by atoms with Gasteiger partial charge in [0.1, 0.15) is 17.5 Å². The number of aryl methyl sites for hydroxylation is 1. The number of carbonyl (C=O) groups is 1. The first-order valence-electron chi connectivity index (χ1n) is 9.31. The predicted octanol–water partition coefficient (Wildman–Crippen LogP) is 3.76. The second-order valence-corrected chi connectivity index (χ2v) is 6.76. The quantitative estimate of drug-likeness (QED) is 0.499. The number of hydrogen-bond donors (Lipinski definition) is 0. The summed E-state index contributed by atoms with van der Waals surface area (Å²) in [4.78, 5) is 14.7. The summed E-state index contributed by atoms with van der Waals surface area (Å²) in [5, 5.41) is 0. The van der Waals surface area contributed by atoms with E-state index < -0.39 is 6.10 Å².